The van der Waals surface area contributed by atoms with Gasteiger partial charge in [-0.3, -0.25) is 10.1 Å². The van der Waals surface area contributed by atoms with Crippen LogP contribution in [-0.2, 0) is 4.79 Å². The Kier molecular flexibility index (Phi) is 5.12. The minimum atomic E-state index is -0.369. The van der Waals surface area contributed by atoms with Crippen LogP contribution >= 0.6 is 11.8 Å². The number of para-hydroxylation sites is 1. The zero-order valence-corrected chi connectivity index (χ0v) is 13.7. The number of rotatable bonds is 6. The van der Waals surface area contributed by atoms with E-state index < -0.39 is 0 Å². The van der Waals surface area contributed by atoms with Gasteiger partial charge < -0.3 is 9.15 Å². The molecule has 122 valence electrons. The Hall–Kier alpha value is -2.80. The summed E-state index contributed by atoms with van der Waals surface area (Å²) in [6.45, 7) is -0.135. The first kappa shape index (κ1) is 16.1. The van der Waals surface area contributed by atoms with Crippen LogP contribution in [0.1, 0.15) is 0 Å². The predicted molar refractivity (Wildman–Crippen MR) is 92.1 cm³/mol. The Bertz CT molecular complexity index is 821. The summed E-state index contributed by atoms with van der Waals surface area (Å²) >= 11 is 1.62. The molecule has 6 nitrogen and oxygen atoms in total. The number of nitrogens with zero attached hydrogens (tertiary/aromatic N) is 2. The van der Waals surface area contributed by atoms with Crippen molar-refractivity contribution in [3.63, 3.8) is 0 Å². The third-order valence-corrected chi connectivity index (χ3v) is 3.83. The van der Waals surface area contributed by atoms with Gasteiger partial charge in [0.2, 0.25) is 5.89 Å². The van der Waals surface area contributed by atoms with Crippen molar-refractivity contribution in [3.8, 4) is 17.2 Å². The maximum Gasteiger partial charge on any atom is 0.322 e. The molecule has 0 bridgehead atoms. The Balaban J connectivity index is 1.60. The van der Waals surface area contributed by atoms with Gasteiger partial charge in [-0.2, -0.15) is 0 Å². The zero-order valence-electron chi connectivity index (χ0n) is 12.9. The first-order valence-corrected chi connectivity index (χ1v) is 8.43. The van der Waals surface area contributed by atoms with Crippen molar-refractivity contribution >= 4 is 23.7 Å². The highest BCUT2D eigenvalue weighted by molar-refractivity contribution is 7.98. The van der Waals surface area contributed by atoms with Crippen LogP contribution in [0, 0.1) is 0 Å². The highest BCUT2D eigenvalue weighted by atomic mass is 32.2. The third-order valence-electron chi connectivity index (χ3n) is 3.10. The number of benzene rings is 2. The molecular formula is C17H15N3O3S. The average Bonchev–Trinajstić information content (AvgIpc) is 3.09. The lowest BCUT2D eigenvalue weighted by Gasteiger charge is -2.04. The van der Waals surface area contributed by atoms with Crippen LogP contribution < -0.4 is 10.1 Å². The molecule has 0 aliphatic carbocycles. The number of hydrogen-bond acceptors (Lipinski definition) is 6. The van der Waals surface area contributed by atoms with E-state index in [0.717, 1.165) is 10.5 Å². The molecule has 1 amide bonds. The standard InChI is InChI=1S/C17H15N3O3S/c1-24-14-9-5-6-12(10-14)16-19-20-17(23-16)18-15(21)11-22-13-7-3-2-4-8-13/h2-10H,11H2,1H3,(H,18,20,21). The van der Waals surface area contributed by atoms with E-state index in [-0.39, 0.29) is 18.5 Å². The third kappa shape index (κ3) is 4.14. The van der Waals surface area contributed by atoms with Gasteiger partial charge in [0, 0.05) is 10.5 Å². The molecule has 1 aromatic heterocycles. The smallest absolute Gasteiger partial charge is 0.322 e. The SMILES string of the molecule is CSc1cccc(-c2nnc(NC(=O)COc3ccccc3)o2)c1. The summed E-state index contributed by atoms with van der Waals surface area (Å²) in [5.41, 5.74) is 0.801. The molecule has 3 rings (SSSR count). The summed E-state index contributed by atoms with van der Waals surface area (Å²) in [5.74, 6) is 0.602. The van der Waals surface area contributed by atoms with Crippen molar-refractivity contribution in [2.24, 2.45) is 0 Å². The molecule has 0 radical (unpaired) electrons. The average molecular weight is 341 g/mol. The number of hydrogen-bond donors (Lipinski definition) is 1. The lowest BCUT2D eigenvalue weighted by molar-refractivity contribution is -0.118. The van der Waals surface area contributed by atoms with Crippen LogP contribution in [0.3, 0.4) is 0 Å². The van der Waals surface area contributed by atoms with E-state index in [2.05, 4.69) is 15.5 Å². The van der Waals surface area contributed by atoms with Gasteiger partial charge in [0.05, 0.1) is 0 Å². The van der Waals surface area contributed by atoms with Crippen molar-refractivity contribution in [3.05, 3.63) is 54.6 Å². The van der Waals surface area contributed by atoms with E-state index in [0.29, 0.717) is 11.6 Å². The van der Waals surface area contributed by atoms with Crippen molar-refractivity contribution in [1.82, 2.24) is 10.2 Å². The Morgan fingerprint density at radius 2 is 2.00 bits per heavy atom. The van der Waals surface area contributed by atoms with Gasteiger partial charge in [0.1, 0.15) is 5.75 Å². The van der Waals surface area contributed by atoms with Gasteiger partial charge >= 0.3 is 6.01 Å². The molecule has 0 atom stereocenters. The number of anilines is 1. The lowest BCUT2D eigenvalue weighted by Crippen LogP contribution is -2.20. The van der Waals surface area contributed by atoms with Crippen LogP contribution in [0.25, 0.3) is 11.5 Å². The molecule has 0 unspecified atom stereocenters. The second-order valence-electron chi connectivity index (χ2n) is 4.79. The summed E-state index contributed by atoms with van der Waals surface area (Å²) in [6.07, 6.45) is 1.99. The highest BCUT2D eigenvalue weighted by Crippen LogP contribution is 2.24. The van der Waals surface area contributed by atoms with Crippen LogP contribution in [0.4, 0.5) is 6.01 Å². The van der Waals surface area contributed by atoms with Gasteiger partial charge in [-0.1, -0.05) is 29.4 Å². The predicted octanol–water partition coefficient (Wildman–Crippen LogP) is 3.48. The normalized spacial score (nSPS) is 10.4. The van der Waals surface area contributed by atoms with Crippen LogP contribution in [-0.4, -0.2) is 29.0 Å². The molecule has 3 aromatic rings. The molecule has 0 aliphatic heterocycles. The molecule has 7 heteroatoms. The summed E-state index contributed by atoms with van der Waals surface area (Å²) < 4.78 is 10.8. The fourth-order valence-corrected chi connectivity index (χ4v) is 2.43. The number of nitrogens with one attached hydrogen (secondary N) is 1. The number of carbonyl (C=O) groups is 1. The Morgan fingerprint density at radius 3 is 2.79 bits per heavy atom. The molecule has 0 spiro atoms. The molecule has 0 fully saturated rings. The lowest BCUT2D eigenvalue weighted by atomic mass is 10.2. The minimum absolute atomic E-state index is 0.0428. The van der Waals surface area contributed by atoms with Gasteiger partial charge in [0.15, 0.2) is 6.61 Å². The maximum atomic E-state index is 11.9. The highest BCUT2D eigenvalue weighted by Gasteiger charge is 2.12. The largest absolute Gasteiger partial charge is 0.484 e. The fraction of sp³-hybridized carbons (Fsp3) is 0.118. The van der Waals surface area contributed by atoms with Gasteiger partial charge in [0.25, 0.3) is 5.91 Å². The van der Waals surface area contributed by atoms with Crippen molar-refractivity contribution in [2.45, 2.75) is 4.90 Å². The molecule has 0 saturated carbocycles. The number of aromatic nitrogens is 2. The molecular weight excluding hydrogens is 326 g/mol. The van der Waals surface area contributed by atoms with E-state index in [9.17, 15) is 4.79 Å². The Morgan fingerprint density at radius 1 is 1.17 bits per heavy atom. The number of amides is 1. The number of carbonyl (C=O) groups excluding carboxylic acids is 1. The minimum Gasteiger partial charge on any atom is -0.484 e. The second kappa shape index (κ2) is 7.65. The quantitative estimate of drug-likeness (QED) is 0.692. The summed E-state index contributed by atoms with van der Waals surface area (Å²) in [5, 5.41) is 10.3. The number of thioether (sulfide) groups is 1. The monoisotopic (exact) mass is 341 g/mol. The van der Waals surface area contributed by atoms with E-state index in [4.69, 9.17) is 9.15 Å². The van der Waals surface area contributed by atoms with E-state index in [1.807, 2.05) is 48.7 Å². The molecule has 0 aliphatic rings. The van der Waals surface area contributed by atoms with Crippen LogP contribution in [0.15, 0.2) is 63.9 Å². The van der Waals surface area contributed by atoms with Gasteiger partial charge in [-0.15, -0.1) is 16.9 Å². The molecule has 1 heterocycles. The van der Waals surface area contributed by atoms with Crippen LogP contribution in [0.5, 0.6) is 5.75 Å². The summed E-state index contributed by atoms with van der Waals surface area (Å²) in [6, 6.07) is 16.9. The summed E-state index contributed by atoms with van der Waals surface area (Å²) in [4.78, 5) is 13.0. The van der Waals surface area contributed by atoms with Crippen LogP contribution in [0.2, 0.25) is 0 Å². The van der Waals surface area contributed by atoms with Gasteiger partial charge in [-0.25, -0.2) is 0 Å². The first-order chi connectivity index (χ1) is 11.7. The van der Waals surface area contributed by atoms with Crippen molar-refractivity contribution in [2.75, 3.05) is 18.2 Å². The fourth-order valence-electron chi connectivity index (χ4n) is 1.97. The van der Waals surface area contributed by atoms with Crippen molar-refractivity contribution < 1.29 is 13.9 Å². The van der Waals surface area contributed by atoms with Gasteiger partial charge in [-0.05, 0) is 36.6 Å². The number of ether oxygens (including phenoxy) is 1. The Labute approximate surface area is 143 Å². The molecule has 2 aromatic carbocycles. The topological polar surface area (TPSA) is 77.2 Å². The van der Waals surface area contributed by atoms with E-state index >= 15 is 0 Å². The second-order valence-corrected chi connectivity index (χ2v) is 5.67. The molecule has 24 heavy (non-hydrogen) atoms. The van der Waals surface area contributed by atoms with Crippen molar-refractivity contribution in [1.29, 1.82) is 0 Å². The first-order valence-electron chi connectivity index (χ1n) is 7.20. The molecule has 0 saturated heterocycles. The molecule has 1 N–H and O–H groups in total. The zero-order chi connectivity index (χ0) is 16.8. The van der Waals surface area contributed by atoms with E-state index in [1.54, 1.807) is 23.9 Å². The summed E-state index contributed by atoms with van der Waals surface area (Å²) in [7, 11) is 0. The van der Waals surface area contributed by atoms with E-state index in [1.165, 1.54) is 0 Å². The maximum absolute atomic E-state index is 11.9.